The molecule has 0 aliphatic carbocycles. The highest BCUT2D eigenvalue weighted by Crippen LogP contribution is 2.28. The number of hydrogen-bond acceptors (Lipinski definition) is 5. The third-order valence-corrected chi connectivity index (χ3v) is 9.01. The highest BCUT2D eigenvalue weighted by molar-refractivity contribution is 7.92. The summed E-state index contributed by atoms with van der Waals surface area (Å²) in [6.07, 6.45) is 0.226. The van der Waals surface area contributed by atoms with E-state index in [0.29, 0.717) is 10.8 Å². The molecule has 8 nitrogen and oxygen atoms in total. The lowest BCUT2D eigenvalue weighted by molar-refractivity contribution is -0.140. The van der Waals surface area contributed by atoms with Crippen molar-refractivity contribution >= 4 is 39.1 Å². The Kier molecular flexibility index (Phi) is 10.9. The van der Waals surface area contributed by atoms with E-state index >= 15 is 0 Å². The second kappa shape index (κ2) is 14.6. The van der Waals surface area contributed by atoms with E-state index in [0.717, 1.165) is 15.4 Å². The Morgan fingerprint density at radius 3 is 2.00 bits per heavy atom. The SMILES string of the molecule is COc1ccc(S(=O)(=O)N(CC(=O)N(Cc2ccccc2)[C@H](Cc2ccccc2)C(=O)NC(C)(C)C)c2cccc(Cl)c2)cc1. The fraction of sp³-hybridized carbons (Fsp3) is 0.257. The molecule has 0 bridgehead atoms. The number of amides is 2. The summed E-state index contributed by atoms with van der Waals surface area (Å²) in [5, 5.41) is 3.33. The normalized spacial score (nSPS) is 12.2. The average molecular weight is 648 g/mol. The minimum atomic E-state index is -4.26. The molecule has 0 aliphatic rings. The summed E-state index contributed by atoms with van der Waals surface area (Å²) in [4.78, 5) is 29.8. The minimum Gasteiger partial charge on any atom is -0.497 e. The van der Waals surface area contributed by atoms with Crippen LogP contribution in [0.5, 0.6) is 5.75 Å². The van der Waals surface area contributed by atoms with Crippen molar-refractivity contribution in [2.75, 3.05) is 18.0 Å². The topological polar surface area (TPSA) is 96.0 Å². The van der Waals surface area contributed by atoms with Gasteiger partial charge in [0.15, 0.2) is 0 Å². The van der Waals surface area contributed by atoms with Gasteiger partial charge in [-0.15, -0.1) is 0 Å². The van der Waals surface area contributed by atoms with E-state index in [1.165, 1.54) is 30.2 Å². The van der Waals surface area contributed by atoms with Gasteiger partial charge in [0.05, 0.1) is 17.7 Å². The van der Waals surface area contributed by atoms with Crippen molar-refractivity contribution < 1.29 is 22.7 Å². The zero-order valence-electron chi connectivity index (χ0n) is 25.8. The molecule has 0 radical (unpaired) electrons. The fourth-order valence-corrected chi connectivity index (χ4v) is 6.41. The molecule has 4 aromatic rings. The number of carbonyl (C=O) groups is 2. The Labute approximate surface area is 270 Å². The molecule has 0 saturated carbocycles. The maximum atomic E-state index is 14.5. The number of methoxy groups -OCH3 is 1. The highest BCUT2D eigenvalue weighted by Gasteiger charge is 2.35. The highest BCUT2D eigenvalue weighted by atomic mass is 35.5. The van der Waals surface area contributed by atoms with Crippen molar-refractivity contribution in [2.45, 2.75) is 50.2 Å². The van der Waals surface area contributed by atoms with Gasteiger partial charge >= 0.3 is 0 Å². The molecule has 236 valence electrons. The van der Waals surface area contributed by atoms with Gasteiger partial charge in [-0.1, -0.05) is 78.3 Å². The first kappa shape index (κ1) is 33.6. The second-order valence-corrected chi connectivity index (χ2v) is 13.9. The number of hydrogen-bond donors (Lipinski definition) is 1. The number of carbonyl (C=O) groups excluding carboxylic acids is 2. The third-order valence-electron chi connectivity index (χ3n) is 6.99. The van der Waals surface area contributed by atoms with Gasteiger partial charge in [0.25, 0.3) is 10.0 Å². The zero-order valence-corrected chi connectivity index (χ0v) is 27.4. The number of benzene rings is 4. The molecule has 45 heavy (non-hydrogen) atoms. The van der Waals surface area contributed by atoms with Gasteiger partial charge in [-0.2, -0.15) is 0 Å². The molecule has 0 aliphatic heterocycles. The third kappa shape index (κ3) is 9.09. The summed E-state index contributed by atoms with van der Waals surface area (Å²) in [5.74, 6) is -0.411. The van der Waals surface area contributed by atoms with Gasteiger partial charge in [-0.05, 0) is 74.4 Å². The number of nitrogens with zero attached hydrogens (tertiary/aromatic N) is 2. The number of rotatable bonds is 12. The van der Waals surface area contributed by atoms with E-state index in [1.54, 1.807) is 30.3 Å². The largest absolute Gasteiger partial charge is 0.497 e. The van der Waals surface area contributed by atoms with Gasteiger partial charge < -0.3 is 15.0 Å². The van der Waals surface area contributed by atoms with Crippen molar-refractivity contribution in [3.63, 3.8) is 0 Å². The molecular weight excluding hydrogens is 610 g/mol. The molecule has 0 spiro atoms. The summed E-state index contributed by atoms with van der Waals surface area (Å²) in [7, 11) is -2.77. The van der Waals surface area contributed by atoms with Crippen LogP contribution < -0.4 is 14.4 Å². The van der Waals surface area contributed by atoms with Crippen LogP contribution in [0.3, 0.4) is 0 Å². The molecule has 0 heterocycles. The Morgan fingerprint density at radius 2 is 1.44 bits per heavy atom. The molecule has 0 aromatic heterocycles. The molecule has 2 amide bonds. The van der Waals surface area contributed by atoms with Gasteiger partial charge in [0.2, 0.25) is 11.8 Å². The van der Waals surface area contributed by atoms with Crippen molar-refractivity contribution in [1.29, 1.82) is 0 Å². The van der Waals surface area contributed by atoms with Crippen LogP contribution in [0.15, 0.2) is 114 Å². The van der Waals surface area contributed by atoms with E-state index in [4.69, 9.17) is 16.3 Å². The summed E-state index contributed by atoms with van der Waals surface area (Å²) in [5.41, 5.74) is 1.29. The van der Waals surface area contributed by atoms with Crippen LogP contribution >= 0.6 is 11.6 Å². The zero-order chi connectivity index (χ0) is 32.6. The van der Waals surface area contributed by atoms with Gasteiger partial charge in [-0.3, -0.25) is 13.9 Å². The average Bonchev–Trinajstić information content (AvgIpc) is 3.01. The van der Waals surface area contributed by atoms with E-state index < -0.39 is 34.1 Å². The lowest BCUT2D eigenvalue weighted by Crippen LogP contribution is -2.56. The first-order valence-electron chi connectivity index (χ1n) is 14.5. The van der Waals surface area contributed by atoms with E-state index in [-0.39, 0.29) is 29.5 Å². The Hall–Kier alpha value is -4.34. The van der Waals surface area contributed by atoms with Crippen molar-refractivity contribution in [3.05, 3.63) is 125 Å². The molecular formula is C35H38ClN3O5S. The molecule has 0 fully saturated rings. The quantitative estimate of drug-likeness (QED) is 0.201. The lowest BCUT2D eigenvalue weighted by Gasteiger charge is -2.35. The maximum Gasteiger partial charge on any atom is 0.264 e. The van der Waals surface area contributed by atoms with Crippen LogP contribution in [0.4, 0.5) is 5.69 Å². The van der Waals surface area contributed by atoms with Crippen LogP contribution in [0.1, 0.15) is 31.9 Å². The number of nitrogens with one attached hydrogen (secondary N) is 1. The van der Waals surface area contributed by atoms with E-state index in [9.17, 15) is 18.0 Å². The van der Waals surface area contributed by atoms with Gasteiger partial charge in [0, 0.05) is 23.5 Å². The Balaban J connectivity index is 1.80. The molecule has 4 aromatic carbocycles. The summed E-state index contributed by atoms with van der Waals surface area (Å²) in [6, 6.07) is 30.0. The van der Waals surface area contributed by atoms with Crippen LogP contribution in [0.2, 0.25) is 5.02 Å². The number of anilines is 1. The van der Waals surface area contributed by atoms with Crippen LogP contribution in [-0.4, -0.2) is 50.4 Å². The molecule has 4 rings (SSSR count). The van der Waals surface area contributed by atoms with Crippen molar-refractivity contribution in [1.82, 2.24) is 10.2 Å². The minimum absolute atomic E-state index is 0.0306. The number of sulfonamides is 1. The molecule has 1 N–H and O–H groups in total. The number of halogens is 1. The summed E-state index contributed by atoms with van der Waals surface area (Å²) < 4.78 is 34.5. The smallest absolute Gasteiger partial charge is 0.264 e. The van der Waals surface area contributed by atoms with Crippen LogP contribution in [0.25, 0.3) is 0 Å². The van der Waals surface area contributed by atoms with Crippen LogP contribution in [0, 0.1) is 0 Å². The number of ether oxygens (including phenoxy) is 1. The monoisotopic (exact) mass is 647 g/mol. The van der Waals surface area contributed by atoms with Crippen molar-refractivity contribution in [3.8, 4) is 5.75 Å². The molecule has 0 saturated heterocycles. The van der Waals surface area contributed by atoms with Gasteiger partial charge in [0.1, 0.15) is 18.3 Å². The predicted molar refractivity (Wildman–Crippen MR) is 178 cm³/mol. The second-order valence-electron chi connectivity index (χ2n) is 11.6. The fourth-order valence-electron chi connectivity index (χ4n) is 4.82. The predicted octanol–water partition coefficient (Wildman–Crippen LogP) is 6.10. The Bertz CT molecular complexity index is 1690. The van der Waals surface area contributed by atoms with Gasteiger partial charge in [-0.25, -0.2) is 8.42 Å². The molecule has 10 heteroatoms. The lowest BCUT2D eigenvalue weighted by atomic mass is 10.0. The molecule has 1 atom stereocenters. The van der Waals surface area contributed by atoms with Crippen molar-refractivity contribution in [2.24, 2.45) is 0 Å². The Morgan fingerprint density at radius 1 is 0.844 bits per heavy atom. The summed E-state index contributed by atoms with van der Waals surface area (Å²) >= 11 is 6.29. The summed E-state index contributed by atoms with van der Waals surface area (Å²) in [6.45, 7) is 5.12. The first-order chi connectivity index (χ1) is 21.4. The first-order valence-corrected chi connectivity index (χ1v) is 16.3. The standard InChI is InChI=1S/C35H38ClN3O5S/c1-35(2,3)37-34(41)32(22-26-12-7-5-8-13-26)38(24-27-14-9-6-10-15-27)33(40)25-39(29-17-11-16-28(36)23-29)45(42,43)31-20-18-30(44-4)19-21-31/h5-21,23,32H,22,24-25H2,1-4H3,(H,37,41)/t32-/m1/s1. The molecule has 0 unspecified atom stereocenters. The van der Waals surface area contributed by atoms with Crippen LogP contribution in [-0.2, 0) is 32.6 Å². The maximum absolute atomic E-state index is 14.5. The van der Waals surface area contributed by atoms with E-state index in [1.807, 2.05) is 81.4 Å². The van der Waals surface area contributed by atoms with E-state index in [2.05, 4.69) is 5.32 Å².